The van der Waals surface area contributed by atoms with Crippen LogP contribution in [0.25, 0.3) is 0 Å². The van der Waals surface area contributed by atoms with Crippen LogP contribution < -0.4 is 27.4 Å². The fraction of sp³-hybridized carbons (Fsp3) is 0.727. The second-order valence-corrected chi connectivity index (χ2v) is 8.90. The van der Waals surface area contributed by atoms with Crippen molar-refractivity contribution in [2.24, 2.45) is 11.5 Å². The molecule has 1 aliphatic rings. The molecular formula is C22H38N6O9. The summed E-state index contributed by atoms with van der Waals surface area (Å²) in [6, 6.07) is -4.01. The van der Waals surface area contributed by atoms with Crippen molar-refractivity contribution in [3.63, 3.8) is 0 Å². The third-order valence-electron chi connectivity index (χ3n) is 5.91. The summed E-state index contributed by atoms with van der Waals surface area (Å²) in [6.07, 6.45) is 1.47. The number of aliphatic carboxylic acids is 2. The number of carbonyl (C=O) groups excluding carboxylic acids is 4. The van der Waals surface area contributed by atoms with Crippen LogP contribution in [0.2, 0.25) is 0 Å². The molecule has 0 aromatic heterocycles. The van der Waals surface area contributed by atoms with E-state index in [1.807, 2.05) is 4.90 Å². The molecule has 10 N–H and O–H groups in total. The second kappa shape index (κ2) is 16.4. The quantitative estimate of drug-likeness (QED) is 0.0821. The first-order chi connectivity index (χ1) is 17.5. The Bertz CT molecular complexity index is 824. The molecule has 0 aliphatic carbocycles. The van der Waals surface area contributed by atoms with Crippen LogP contribution in [0.1, 0.15) is 51.4 Å². The normalized spacial score (nSPS) is 17.8. The van der Waals surface area contributed by atoms with Crippen LogP contribution in [0, 0.1) is 0 Å². The van der Waals surface area contributed by atoms with E-state index in [2.05, 4.69) is 16.0 Å². The Labute approximate surface area is 214 Å². The van der Waals surface area contributed by atoms with Gasteiger partial charge in [0.2, 0.25) is 23.6 Å². The van der Waals surface area contributed by atoms with Gasteiger partial charge in [-0.2, -0.15) is 0 Å². The molecule has 0 aromatic carbocycles. The van der Waals surface area contributed by atoms with Crippen molar-refractivity contribution in [1.82, 2.24) is 20.9 Å². The number of likely N-dealkylation sites (tertiary alicyclic amines) is 1. The number of hydrogen-bond donors (Lipinski definition) is 8. The van der Waals surface area contributed by atoms with Gasteiger partial charge >= 0.3 is 11.9 Å². The van der Waals surface area contributed by atoms with E-state index in [1.54, 1.807) is 0 Å². The number of carbonyl (C=O) groups is 6. The van der Waals surface area contributed by atoms with E-state index >= 15 is 0 Å². The fourth-order valence-electron chi connectivity index (χ4n) is 4.03. The van der Waals surface area contributed by atoms with E-state index in [1.165, 1.54) is 0 Å². The summed E-state index contributed by atoms with van der Waals surface area (Å²) in [5.74, 6) is -5.70. The molecule has 15 nitrogen and oxygen atoms in total. The molecule has 4 atom stereocenters. The smallest absolute Gasteiger partial charge is 0.305 e. The molecule has 0 spiro atoms. The first-order valence-electron chi connectivity index (χ1n) is 12.2. The SMILES string of the molecule is NCCCCC(CN1CCCC1C(N)=O)NC(=O)C(CC(=O)O)NC(=O)C(CO)NC(=O)CCC(=O)O. The van der Waals surface area contributed by atoms with Gasteiger partial charge in [0.05, 0.1) is 25.5 Å². The van der Waals surface area contributed by atoms with Gasteiger partial charge in [0, 0.05) is 19.0 Å². The molecule has 4 unspecified atom stereocenters. The topological polar surface area (TPSA) is 254 Å². The highest BCUT2D eigenvalue weighted by Crippen LogP contribution is 2.18. The number of carboxylic acid groups (broad SMARTS) is 2. The average molecular weight is 531 g/mol. The average Bonchev–Trinajstić information content (AvgIpc) is 3.28. The van der Waals surface area contributed by atoms with Crippen molar-refractivity contribution in [1.29, 1.82) is 0 Å². The minimum atomic E-state index is -1.53. The van der Waals surface area contributed by atoms with Gasteiger partial charge in [-0.3, -0.25) is 33.7 Å². The van der Waals surface area contributed by atoms with E-state index in [0.29, 0.717) is 38.8 Å². The number of aliphatic hydroxyl groups is 1. The lowest BCUT2D eigenvalue weighted by Crippen LogP contribution is -2.57. The summed E-state index contributed by atoms with van der Waals surface area (Å²) in [5.41, 5.74) is 11.0. The molecule has 0 saturated carbocycles. The number of rotatable bonds is 18. The van der Waals surface area contributed by atoms with E-state index in [9.17, 15) is 39.0 Å². The van der Waals surface area contributed by atoms with Crippen molar-refractivity contribution >= 4 is 35.6 Å². The molecule has 210 valence electrons. The lowest BCUT2D eigenvalue weighted by molar-refractivity contribution is -0.141. The highest BCUT2D eigenvalue weighted by Gasteiger charge is 2.33. The third kappa shape index (κ3) is 12.0. The Balaban J connectivity index is 2.90. The highest BCUT2D eigenvalue weighted by molar-refractivity contribution is 5.94. The summed E-state index contributed by atoms with van der Waals surface area (Å²) in [7, 11) is 0. The standard InChI is InChI=1S/C22H38N6O9/c23-8-2-1-4-13(11-28-9-3-5-16(28)20(24)35)25-21(36)14(10-19(33)34)27-22(37)15(12-29)26-17(30)6-7-18(31)32/h13-16,29H,1-12,23H2,(H2,24,35)(H,25,36)(H,26,30)(H,27,37)(H,31,32)(H,33,34). The molecule has 4 amide bonds. The molecule has 0 aromatic rings. The van der Waals surface area contributed by atoms with Crippen molar-refractivity contribution in [3.8, 4) is 0 Å². The first kappa shape index (κ1) is 31.7. The van der Waals surface area contributed by atoms with Gasteiger partial charge in [-0.25, -0.2) is 0 Å². The van der Waals surface area contributed by atoms with Gasteiger partial charge < -0.3 is 42.7 Å². The van der Waals surface area contributed by atoms with Crippen LogP contribution in [0.4, 0.5) is 0 Å². The number of nitrogens with two attached hydrogens (primary N) is 2. The van der Waals surface area contributed by atoms with E-state index in [-0.39, 0.29) is 6.54 Å². The second-order valence-electron chi connectivity index (χ2n) is 8.90. The Morgan fingerprint density at radius 3 is 2.16 bits per heavy atom. The van der Waals surface area contributed by atoms with Gasteiger partial charge in [0.15, 0.2) is 0 Å². The number of amides is 4. The molecular weight excluding hydrogens is 492 g/mol. The van der Waals surface area contributed by atoms with Gasteiger partial charge in [0.25, 0.3) is 0 Å². The number of carboxylic acids is 2. The van der Waals surface area contributed by atoms with Crippen LogP contribution in [-0.4, -0.2) is 106 Å². The zero-order valence-corrected chi connectivity index (χ0v) is 20.7. The first-order valence-corrected chi connectivity index (χ1v) is 12.2. The summed E-state index contributed by atoms with van der Waals surface area (Å²) >= 11 is 0. The Hall–Kier alpha value is -3.30. The van der Waals surface area contributed by atoms with Crippen LogP contribution in [0.15, 0.2) is 0 Å². The number of nitrogens with one attached hydrogen (secondary N) is 3. The number of unbranched alkanes of at least 4 members (excludes halogenated alkanes) is 1. The van der Waals surface area contributed by atoms with Crippen LogP contribution in [0.5, 0.6) is 0 Å². The number of primary amides is 1. The van der Waals surface area contributed by atoms with E-state index < -0.39 is 85.6 Å². The lowest BCUT2D eigenvalue weighted by Gasteiger charge is -2.29. The maximum Gasteiger partial charge on any atom is 0.305 e. The third-order valence-corrected chi connectivity index (χ3v) is 5.91. The fourth-order valence-corrected chi connectivity index (χ4v) is 4.03. The largest absolute Gasteiger partial charge is 0.481 e. The summed E-state index contributed by atoms with van der Waals surface area (Å²) in [6.45, 7) is 0.465. The zero-order valence-electron chi connectivity index (χ0n) is 20.7. The van der Waals surface area contributed by atoms with Crippen molar-refractivity contribution in [3.05, 3.63) is 0 Å². The van der Waals surface area contributed by atoms with Crippen molar-refractivity contribution in [2.75, 3.05) is 26.2 Å². The Morgan fingerprint density at radius 1 is 0.919 bits per heavy atom. The van der Waals surface area contributed by atoms with Gasteiger partial charge in [-0.05, 0) is 38.8 Å². The van der Waals surface area contributed by atoms with E-state index in [0.717, 1.165) is 6.42 Å². The zero-order chi connectivity index (χ0) is 28.0. The molecule has 1 heterocycles. The molecule has 15 heteroatoms. The monoisotopic (exact) mass is 530 g/mol. The predicted molar refractivity (Wildman–Crippen MR) is 129 cm³/mol. The van der Waals surface area contributed by atoms with Gasteiger partial charge in [-0.1, -0.05) is 6.42 Å². The van der Waals surface area contributed by atoms with Crippen molar-refractivity contribution < 1.29 is 44.1 Å². The van der Waals surface area contributed by atoms with Crippen LogP contribution in [0.3, 0.4) is 0 Å². The van der Waals surface area contributed by atoms with E-state index in [4.69, 9.17) is 16.6 Å². The van der Waals surface area contributed by atoms with Gasteiger partial charge in [0.1, 0.15) is 12.1 Å². The van der Waals surface area contributed by atoms with Crippen molar-refractivity contribution in [2.45, 2.75) is 75.5 Å². The number of aliphatic hydroxyl groups excluding tert-OH is 1. The predicted octanol–water partition coefficient (Wildman–Crippen LogP) is -3.15. The summed E-state index contributed by atoms with van der Waals surface area (Å²) < 4.78 is 0. The molecule has 37 heavy (non-hydrogen) atoms. The maximum absolute atomic E-state index is 13.0. The maximum atomic E-state index is 13.0. The highest BCUT2D eigenvalue weighted by atomic mass is 16.4. The molecule has 1 fully saturated rings. The number of hydrogen-bond acceptors (Lipinski definition) is 9. The molecule has 0 radical (unpaired) electrons. The van der Waals surface area contributed by atoms with Crippen LogP contribution in [-0.2, 0) is 28.8 Å². The Morgan fingerprint density at radius 2 is 1.59 bits per heavy atom. The molecule has 0 bridgehead atoms. The molecule has 1 aliphatic heterocycles. The van der Waals surface area contributed by atoms with Crippen LogP contribution >= 0.6 is 0 Å². The number of nitrogens with zero attached hydrogens (tertiary/aromatic N) is 1. The Kier molecular flexibility index (Phi) is 14.1. The minimum Gasteiger partial charge on any atom is -0.481 e. The minimum absolute atomic E-state index is 0.288. The molecule has 1 saturated heterocycles. The summed E-state index contributed by atoms with van der Waals surface area (Å²) in [5, 5.41) is 34.5. The van der Waals surface area contributed by atoms with Gasteiger partial charge in [-0.15, -0.1) is 0 Å². The molecule has 1 rings (SSSR count). The lowest BCUT2D eigenvalue weighted by atomic mass is 10.1. The summed E-state index contributed by atoms with van der Waals surface area (Å²) in [4.78, 5) is 73.0.